The second kappa shape index (κ2) is 6.44. The van der Waals surface area contributed by atoms with Crippen LogP contribution in [0.15, 0.2) is 41.2 Å². The number of aryl methyl sites for hydroxylation is 1. The summed E-state index contributed by atoms with van der Waals surface area (Å²) in [4.78, 5) is 19.2. The number of fused-ring (bicyclic) bond motifs is 1. The summed E-state index contributed by atoms with van der Waals surface area (Å²) in [5.74, 6) is -0.205. The average molecular weight is 340 g/mol. The molecule has 5 nitrogen and oxygen atoms in total. The molecule has 1 aliphatic heterocycles. The van der Waals surface area contributed by atoms with Gasteiger partial charge < -0.3 is 0 Å². The predicted octanol–water partition coefficient (Wildman–Crippen LogP) is 3.20. The minimum Gasteiger partial charge on any atom is -0.294 e. The van der Waals surface area contributed by atoms with E-state index in [4.69, 9.17) is 0 Å². The lowest BCUT2D eigenvalue weighted by Gasteiger charge is -2.35. The third kappa shape index (κ3) is 3.22. The second-order valence-corrected chi connectivity index (χ2v) is 6.76. The summed E-state index contributed by atoms with van der Waals surface area (Å²) in [6.45, 7) is 3.42. The summed E-state index contributed by atoms with van der Waals surface area (Å²) in [7, 11) is 0. The van der Waals surface area contributed by atoms with E-state index in [2.05, 4.69) is 15.0 Å². The summed E-state index contributed by atoms with van der Waals surface area (Å²) < 4.78 is 15.1. The first-order valence-corrected chi connectivity index (χ1v) is 8.68. The van der Waals surface area contributed by atoms with E-state index >= 15 is 0 Å². The number of aromatic nitrogens is 3. The number of benzene rings is 1. The Balaban J connectivity index is 1.64. The molecule has 1 unspecified atom stereocenters. The number of rotatable bonds is 3. The summed E-state index contributed by atoms with van der Waals surface area (Å²) in [5, 5.41) is 2.98. The van der Waals surface area contributed by atoms with Crippen LogP contribution >= 0.6 is 0 Å². The van der Waals surface area contributed by atoms with E-state index in [-0.39, 0.29) is 17.4 Å². The largest absolute Gasteiger partial charge is 0.294 e. The van der Waals surface area contributed by atoms with Crippen molar-refractivity contribution in [2.75, 3.05) is 6.54 Å². The molecular formula is C19H21FN4O. The monoisotopic (exact) mass is 340 g/mol. The zero-order valence-electron chi connectivity index (χ0n) is 14.2. The Labute approximate surface area is 145 Å². The van der Waals surface area contributed by atoms with Crippen LogP contribution in [0.3, 0.4) is 0 Å². The number of H-pyrrole nitrogens is 1. The molecule has 4 rings (SSSR count). The van der Waals surface area contributed by atoms with Crippen molar-refractivity contribution in [2.24, 2.45) is 0 Å². The molecule has 1 fully saturated rings. The highest BCUT2D eigenvalue weighted by Crippen LogP contribution is 2.32. The van der Waals surface area contributed by atoms with Crippen molar-refractivity contribution in [2.45, 2.75) is 38.8 Å². The molecular weight excluding hydrogens is 319 g/mol. The smallest absolute Gasteiger partial charge is 0.272 e. The third-order valence-corrected chi connectivity index (χ3v) is 4.84. The Hall–Kier alpha value is -2.47. The number of halogens is 1. The second-order valence-electron chi connectivity index (χ2n) is 6.76. The van der Waals surface area contributed by atoms with E-state index in [1.165, 1.54) is 10.6 Å². The Kier molecular flexibility index (Phi) is 4.13. The van der Waals surface area contributed by atoms with Gasteiger partial charge in [0.2, 0.25) is 0 Å². The highest BCUT2D eigenvalue weighted by molar-refractivity contribution is 5.39. The van der Waals surface area contributed by atoms with E-state index < -0.39 is 0 Å². The molecule has 2 aromatic heterocycles. The van der Waals surface area contributed by atoms with Gasteiger partial charge in [-0.05, 0) is 44.0 Å². The molecule has 1 aromatic carbocycles. The molecule has 130 valence electrons. The van der Waals surface area contributed by atoms with E-state index in [0.29, 0.717) is 12.2 Å². The van der Waals surface area contributed by atoms with Gasteiger partial charge in [-0.25, -0.2) is 13.9 Å². The van der Waals surface area contributed by atoms with E-state index in [1.807, 2.05) is 19.1 Å². The van der Waals surface area contributed by atoms with Gasteiger partial charge in [-0.2, -0.15) is 0 Å². The maximum Gasteiger partial charge on any atom is 0.272 e. The van der Waals surface area contributed by atoms with Gasteiger partial charge in [0.15, 0.2) is 5.65 Å². The van der Waals surface area contributed by atoms with E-state index in [0.717, 1.165) is 42.8 Å². The van der Waals surface area contributed by atoms with Crippen LogP contribution in [0.5, 0.6) is 0 Å². The minimum atomic E-state index is -0.205. The molecule has 1 saturated heterocycles. The van der Waals surface area contributed by atoms with Gasteiger partial charge in [0.25, 0.3) is 5.56 Å². The van der Waals surface area contributed by atoms with Crippen molar-refractivity contribution in [1.82, 2.24) is 19.5 Å². The van der Waals surface area contributed by atoms with Crippen LogP contribution in [0.4, 0.5) is 4.39 Å². The molecule has 1 N–H and O–H groups in total. The lowest BCUT2D eigenvalue weighted by atomic mass is 9.95. The zero-order chi connectivity index (χ0) is 17.4. The average Bonchev–Trinajstić information content (AvgIpc) is 2.96. The lowest BCUT2D eigenvalue weighted by Crippen LogP contribution is -2.33. The molecule has 0 bridgehead atoms. The summed E-state index contributed by atoms with van der Waals surface area (Å²) in [6, 6.07) is 10.4. The van der Waals surface area contributed by atoms with Crippen molar-refractivity contribution >= 4 is 5.65 Å². The number of hydrogen-bond donors (Lipinski definition) is 1. The first kappa shape index (κ1) is 16.0. The lowest BCUT2D eigenvalue weighted by molar-refractivity contribution is 0.138. The normalized spacial score (nSPS) is 18.7. The first-order chi connectivity index (χ1) is 12.1. The highest BCUT2D eigenvalue weighted by Gasteiger charge is 2.25. The SMILES string of the molecule is Cc1cc2nc(CN3CCCCC3c3cccc(F)c3)cc(=O)n2[nH]1. The van der Waals surface area contributed by atoms with E-state index in [1.54, 1.807) is 18.2 Å². The quantitative estimate of drug-likeness (QED) is 0.797. The number of nitrogens with one attached hydrogen (secondary N) is 1. The van der Waals surface area contributed by atoms with Gasteiger partial charge in [-0.15, -0.1) is 0 Å². The van der Waals surface area contributed by atoms with Gasteiger partial charge in [0.1, 0.15) is 5.82 Å². The van der Waals surface area contributed by atoms with Crippen LogP contribution in [-0.2, 0) is 6.54 Å². The van der Waals surface area contributed by atoms with Crippen molar-refractivity contribution in [3.63, 3.8) is 0 Å². The summed E-state index contributed by atoms with van der Waals surface area (Å²) in [5.41, 5.74) is 3.19. The third-order valence-electron chi connectivity index (χ3n) is 4.84. The molecule has 3 heterocycles. The molecule has 0 saturated carbocycles. The van der Waals surface area contributed by atoms with Crippen LogP contribution < -0.4 is 5.56 Å². The first-order valence-electron chi connectivity index (χ1n) is 8.68. The molecule has 0 amide bonds. The minimum absolute atomic E-state index is 0.104. The Morgan fingerprint density at radius 3 is 3.00 bits per heavy atom. The standard InChI is InChI=1S/C19H21FN4O/c1-13-9-18-21-16(11-19(25)24(18)22-13)12-23-8-3-2-7-17(23)14-5-4-6-15(20)10-14/h4-6,9-11,17,22H,2-3,7-8,12H2,1H3. The molecule has 0 aliphatic carbocycles. The van der Waals surface area contributed by atoms with Crippen LogP contribution in [0.1, 0.15) is 42.3 Å². The molecule has 1 aliphatic rings. The van der Waals surface area contributed by atoms with E-state index in [9.17, 15) is 9.18 Å². The molecule has 0 radical (unpaired) electrons. The fourth-order valence-corrected chi connectivity index (χ4v) is 3.72. The number of hydrogen-bond acceptors (Lipinski definition) is 3. The van der Waals surface area contributed by atoms with Crippen LogP contribution in [0.25, 0.3) is 5.65 Å². The van der Waals surface area contributed by atoms with Crippen molar-refractivity contribution in [3.8, 4) is 0 Å². The fraction of sp³-hybridized carbons (Fsp3) is 0.368. The van der Waals surface area contributed by atoms with Crippen LogP contribution in [-0.4, -0.2) is 26.0 Å². The van der Waals surface area contributed by atoms with Crippen molar-refractivity contribution < 1.29 is 4.39 Å². The zero-order valence-corrected chi connectivity index (χ0v) is 14.2. The fourth-order valence-electron chi connectivity index (χ4n) is 3.72. The Morgan fingerprint density at radius 1 is 1.28 bits per heavy atom. The topological polar surface area (TPSA) is 53.4 Å². The summed E-state index contributed by atoms with van der Waals surface area (Å²) >= 11 is 0. The number of aromatic amines is 1. The Morgan fingerprint density at radius 2 is 2.16 bits per heavy atom. The van der Waals surface area contributed by atoms with Gasteiger partial charge in [0, 0.05) is 30.4 Å². The van der Waals surface area contributed by atoms with Crippen LogP contribution in [0, 0.1) is 12.7 Å². The molecule has 25 heavy (non-hydrogen) atoms. The van der Waals surface area contributed by atoms with Gasteiger partial charge in [0.05, 0.1) is 5.69 Å². The summed E-state index contributed by atoms with van der Waals surface area (Å²) in [6.07, 6.45) is 3.23. The maximum absolute atomic E-state index is 13.6. The number of likely N-dealkylation sites (tertiary alicyclic amines) is 1. The van der Waals surface area contributed by atoms with Crippen molar-refractivity contribution in [3.05, 3.63) is 69.5 Å². The number of piperidine rings is 1. The Bertz CT molecular complexity index is 961. The highest BCUT2D eigenvalue weighted by atomic mass is 19.1. The molecule has 3 aromatic rings. The molecule has 6 heteroatoms. The molecule has 1 atom stereocenters. The van der Waals surface area contributed by atoms with Gasteiger partial charge >= 0.3 is 0 Å². The molecule has 0 spiro atoms. The van der Waals surface area contributed by atoms with Crippen molar-refractivity contribution in [1.29, 1.82) is 0 Å². The van der Waals surface area contributed by atoms with Gasteiger partial charge in [-0.3, -0.25) is 14.8 Å². The maximum atomic E-state index is 13.6. The predicted molar refractivity (Wildman–Crippen MR) is 94.0 cm³/mol. The number of nitrogens with zero attached hydrogens (tertiary/aromatic N) is 3. The van der Waals surface area contributed by atoms with Gasteiger partial charge in [-0.1, -0.05) is 18.6 Å². The van der Waals surface area contributed by atoms with Crippen LogP contribution in [0.2, 0.25) is 0 Å².